The molecule has 1 aliphatic heterocycles. The van der Waals surface area contributed by atoms with Gasteiger partial charge in [-0.15, -0.1) is 0 Å². The lowest BCUT2D eigenvalue weighted by molar-refractivity contribution is 0.0690. The summed E-state index contributed by atoms with van der Waals surface area (Å²) < 4.78 is 0. The summed E-state index contributed by atoms with van der Waals surface area (Å²) in [7, 11) is 0. The highest BCUT2D eigenvalue weighted by atomic mass is 16.4. The van der Waals surface area contributed by atoms with Crippen LogP contribution in [0.3, 0.4) is 0 Å². The van der Waals surface area contributed by atoms with Gasteiger partial charge in [-0.2, -0.15) is 0 Å². The average Bonchev–Trinajstić information content (AvgIpc) is 3.00. The summed E-state index contributed by atoms with van der Waals surface area (Å²) in [6.07, 6.45) is 3.37. The quantitative estimate of drug-likeness (QED) is 0.770. The van der Waals surface area contributed by atoms with E-state index in [9.17, 15) is 9.59 Å². The van der Waals surface area contributed by atoms with Crippen molar-refractivity contribution >= 4 is 11.9 Å². The largest absolute Gasteiger partial charge is 0.477 e. The van der Waals surface area contributed by atoms with E-state index in [0.717, 1.165) is 19.3 Å². The molecule has 1 unspecified atom stereocenters. The first-order valence-corrected chi connectivity index (χ1v) is 7.31. The molecule has 0 aliphatic carbocycles. The zero-order valence-electron chi connectivity index (χ0n) is 12.5. The fourth-order valence-corrected chi connectivity index (χ4v) is 3.16. The van der Waals surface area contributed by atoms with Crippen LogP contribution in [0.2, 0.25) is 0 Å². The minimum atomic E-state index is -1.05. The first-order valence-electron chi connectivity index (χ1n) is 7.31. The number of aromatic carboxylic acids is 1. The van der Waals surface area contributed by atoms with Crippen molar-refractivity contribution in [3.05, 3.63) is 22.5 Å². The van der Waals surface area contributed by atoms with Gasteiger partial charge in [0, 0.05) is 24.9 Å². The summed E-state index contributed by atoms with van der Waals surface area (Å²) in [6, 6.07) is 0.145. The lowest BCUT2D eigenvalue weighted by atomic mass is 10.1. The summed E-state index contributed by atoms with van der Waals surface area (Å²) >= 11 is 0. The van der Waals surface area contributed by atoms with Gasteiger partial charge in [0.15, 0.2) is 0 Å². The molecule has 1 fully saturated rings. The Bertz CT molecular complexity index is 550. The van der Waals surface area contributed by atoms with Gasteiger partial charge >= 0.3 is 5.97 Å². The van der Waals surface area contributed by atoms with Gasteiger partial charge < -0.3 is 20.1 Å². The molecule has 1 saturated heterocycles. The number of H-pyrrole nitrogens is 1. The van der Waals surface area contributed by atoms with Crippen LogP contribution < -0.4 is 0 Å². The number of aromatic amines is 1. The summed E-state index contributed by atoms with van der Waals surface area (Å²) in [4.78, 5) is 28.5. The van der Waals surface area contributed by atoms with Gasteiger partial charge in [0.1, 0.15) is 5.69 Å². The third-order valence-electron chi connectivity index (χ3n) is 4.20. The van der Waals surface area contributed by atoms with E-state index in [0.29, 0.717) is 29.8 Å². The van der Waals surface area contributed by atoms with Crippen molar-refractivity contribution in [2.45, 2.75) is 45.6 Å². The monoisotopic (exact) mass is 294 g/mol. The number of likely N-dealkylation sites (tertiary alicyclic amines) is 1. The lowest BCUT2D eigenvalue weighted by Gasteiger charge is -2.25. The van der Waals surface area contributed by atoms with Gasteiger partial charge in [-0.25, -0.2) is 4.79 Å². The van der Waals surface area contributed by atoms with Crippen LogP contribution in [0.15, 0.2) is 0 Å². The normalized spacial score (nSPS) is 18.2. The van der Waals surface area contributed by atoms with E-state index in [4.69, 9.17) is 10.2 Å². The van der Waals surface area contributed by atoms with Gasteiger partial charge in [-0.1, -0.05) is 0 Å². The molecule has 6 heteroatoms. The molecule has 6 nitrogen and oxygen atoms in total. The zero-order chi connectivity index (χ0) is 15.6. The maximum atomic E-state index is 12.7. The number of aryl methyl sites for hydroxylation is 1. The molecule has 0 radical (unpaired) electrons. The van der Waals surface area contributed by atoms with E-state index in [1.807, 2.05) is 4.90 Å². The number of nitrogens with zero attached hydrogens (tertiary/aromatic N) is 1. The van der Waals surface area contributed by atoms with Crippen LogP contribution >= 0.6 is 0 Å². The average molecular weight is 294 g/mol. The molecule has 0 spiro atoms. The highest BCUT2D eigenvalue weighted by Gasteiger charge is 2.32. The SMILES string of the molecule is Cc1[nH]c(C(=O)O)c(C)c1C(=O)N1CCCC1CCCO. The molecule has 116 valence electrons. The van der Waals surface area contributed by atoms with E-state index in [1.54, 1.807) is 13.8 Å². The second-order valence-corrected chi connectivity index (χ2v) is 5.59. The fraction of sp³-hybridized carbons (Fsp3) is 0.600. The number of carboxylic acid groups (broad SMARTS) is 1. The second kappa shape index (κ2) is 6.30. The molecule has 1 aromatic rings. The Hall–Kier alpha value is -1.82. The van der Waals surface area contributed by atoms with E-state index >= 15 is 0 Å². The third kappa shape index (κ3) is 2.95. The van der Waals surface area contributed by atoms with Gasteiger partial charge in [-0.3, -0.25) is 4.79 Å². The molecule has 1 atom stereocenters. The van der Waals surface area contributed by atoms with Gasteiger partial charge in [0.25, 0.3) is 5.91 Å². The molecule has 2 heterocycles. The topological polar surface area (TPSA) is 93.6 Å². The highest BCUT2D eigenvalue weighted by Crippen LogP contribution is 2.27. The number of hydrogen-bond acceptors (Lipinski definition) is 3. The molecule has 0 bridgehead atoms. The molecule has 21 heavy (non-hydrogen) atoms. The fourth-order valence-electron chi connectivity index (χ4n) is 3.16. The molecule has 0 saturated carbocycles. The first kappa shape index (κ1) is 15.6. The first-order chi connectivity index (χ1) is 9.97. The standard InChI is InChI=1S/C15H22N2O4/c1-9-12(10(2)16-13(9)15(20)21)14(19)17-7-3-5-11(17)6-4-8-18/h11,16,18H,3-8H2,1-2H3,(H,20,21). The van der Waals surface area contributed by atoms with E-state index in [-0.39, 0.29) is 24.2 Å². The third-order valence-corrected chi connectivity index (χ3v) is 4.20. The number of carboxylic acids is 1. The summed E-state index contributed by atoms with van der Waals surface area (Å²) in [5, 5.41) is 18.1. The minimum Gasteiger partial charge on any atom is -0.477 e. The molecule has 1 aromatic heterocycles. The Morgan fingerprint density at radius 1 is 1.38 bits per heavy atom. The van der Waals surface area contributed by atoms with Crippen LogP contribution in [-0.2, 0) is 0 Å². The Morgan fingerprint density at radius 3 is 2.67 bits per heavy atom. The van der Waals surface area contributed by atoms with Crippen molar-refractivity contribution in [3.63, 3.8) is 0 Å². The summed E-state index contributed by atoms with van der Waals surface area (Å²) in [5.41, 5.74) is 1.66. The molecule has 2 rings (SSSR count). The minimum absolute atomic E-state index is 0.0851. The van der Waals surface area contributed by atoms with Crippen LogP contribution in [-0.4, -0.2) is 51.2 Å². The number of nitrogens with one attached hydrogen (secondary N) is 1. The van der Waals surface area contributed by atoms with Crippen LogP contribution in [0.25, 0.3) is 0 Å². The zero-order valence-corrected chi connectivity index (χ0v) is 12.5. The lowest BCUT2D eigenvalue weighted by Crippen LogP contribution is -2.36. The van der Waals surface area contributed by atoms with Crippen molar-refractivity contribution in [3.8, 4) is 0 Å². The van der Waals surface area contributed by atoms with Crippen LogP contribution in [0.4, 0.5) is 0 Å². The number of aromatic nitrogens is 1. The Balaban J connectivity index is 2.25. The van der Waals surface area contributed by atoms with E-state index < -0.39 is 5.97 Å². The van der Waals surface area contributed by atoms with E-state index in [1.165, 1.54) is 0 Å². The maximum Gasteiger partial charge on any atom is 0.352 e. The van der Waals surface area contributed by atoms with Crippen molar-refractivity contribution in [1.29, 1.82) is 0 Å². The second-order valence-electron chi connectivity index (χ2n) is 5.59. The smallest absolute Gasteiger partial charge is 0.352 e. The van der Waals surface area contributed by atoms with Crippen molar-refractivity contribution < 1.29 is 19.8 Å². The van der Waals surface area contributed by atoms with Gasteiger partial charge in [0.2, 0.25) is 0 Å². The number of rotatable bonds is 5. The predicted molar refractivity (Wildman–Crippen MR) is 77.6 cm³/mol. The van der Waals surface area contributed by atoms with Gasteiger partial charge in [0.05, 0.1) is 5.56 Å². The maximum absolute atomic E-state index is 12.7. The highest BCUT2D eigenvalue weighted by molar-refractivity contribution is 6.01. The summed E-state index contributed by atoms with van der Waals surface area (Å²) in [6.45, 7) is 4.22. The Labute approximate surface area is 123 Å². The van der Waals surface area contributed by atoms with Gasteiger partial charge in [-0.05, 0) is 45.1 Å². The number of aliphatic hydroxyl groups is 1. The Morgan fingerprint density at radius 2 is 2.10 bits per heavy atom. The Kier molecular flexibility index (Phi) is 4.67. The summed E-state index contributed by atoms with van der Waals surface area (Å²) in [5.74, 6) is -1.15. The number of carbonyl (C=O) groups excluding carboxylic acids is 1. The number of carbonyl (C=O) groups is 2. The number of hydrogen-bond donors (Lipinski definition) is 3. The number of aliphatic hydroxyl groups excluding tert-OH is 1. The molecule has 0 aromatic carbocycles. The van der Waals surface area contributed by atoms with Crippen molar-refractivity contribution in [2.75, 3.05) is 13.2 Å². The van der Waals surface area contributed by atoms with E-state index in [2.05, 4.69) is 4.98 Å². The van der Waals surface area contributed by atoms with Crippen LogP contribution in [0.1, 0.15) is 57.8 Å². The van der Waals surface area contributed by atoms with Crippen LogP contribution in [0, 0.1) is 13.8 Å². The molecule has 1 aliphatic rings. The molecule has 1 amide bonds. The molecular weight excluding hydrogens is 272 g/mol. The van der Waals surface area contributed by atoms with Crippen LogP contribution in [0.5, 0.6) is 0 Å². The van der Waals surface area contributed by atoms with Crippen molar-refractivity contribution in [2.24, 2.45) is 0 Å². The molecular formula is C15H22N2O4. The molecule has 3 N–H and O–H groups in total. The van der Waals surface area contributed by atoms with Crippen molar-refractivity contribution in [1.82, 2.24) is 9.88 Å². The number of amides is 1. The predicted octanol–water partition coefficient (Wildman–Crippen LogP) is 1.71.